The molecule has 0 amide bonds. The summed E-state index contributed by atoms with van der Waals surface area (Å²) >= 11 is 0. The Balaban J connectivity index is 1.77. The molecule has 2 aromatic carbocycles. The first-order valence-electron chi connectivity index (χ1n) is 7.59. The van der Waals surface area contributed by atoms with Crippen LogP contribution in [-0.4, -0.2) is 31.6 Å². The highest BCUT2D eigenvalue weighted by molar-refractivity contribution is 5.28. The fourth-order valence-electron chi connectivity index (χ4n) is 2.94. The summed E-state index contributed by atoms with van der Waals surface area (Å²) in [5.74, 6) is 0.693. The average Bonchev–Trinajstić information content (AvgIpc) is 2.56. The van der Waals surface area contributed by atoms with Crippen LogP contribution in [0.4, 0.5) is 4.39 Å². The van der Waals surface area contributed by atoms with Crippen LogP contribution < -0.4 is 10.1 Å². The van der Waals surface area contributed by atoms with E-state index < -0.39 is 0 Å². The number of methoxy groups -OCH3 is 1. The first-order chi connectivity index (χ1) is 10.8. The van der Waals surface area contributed by atoms with Crippen molar-refractivity contribution >= 4 is 0 Å². The highest BCUT2D eigenvalue weighted by Gasteiger charge is 2.24. The van der Waals surface area contributed by atoms with Crippen molar-refractivity contribution in [3.05, 3.63) is 65.5 Å². The smallest absolute Gasteiger partial charge is 0.123 e. The lowest BCUT2D eigenvalue weighted by molar-refractivity contribution is 0.153. The molecule has 1 N–H and O–H groups in total. The van der Waals surface area contributed by atoms with Crippen molar-refractivity contribution in [2.24, 2.45) is 0 Å². The standard InChI is InChI=1S/C18H21FN2O/c1-22-17-7-5-14(6-8-17)13-21-10-9-20-12-18(21)15-3-2-4-16(19)11-15/h2-8,11,18,20H,9-10,12-13H2,1H3. The van der Waals surface area contributed by atoms with Gasteiger partial charge < -0.3 is 10.1 Å². The topological polar surface area (TPSA) is 24.5 Å². The summed E-state index contributed by atoms with van der Waals surface area (Å²) in [6.45, 7) is 3.61. The van der Waals surface area contributed by atoms with Gasteiger partial charge in [-0.3, -0.25) is 4.90 Å². The molecule has 0 aromatic heterocycles. The molecule has 1 aliphatic heterocycles. The molecule has 3 rings (SSSR count). The minimum atomic E-state index is -0.174. The van der Waals surface area contributed by atoms with Gasteiger partial charge in [-0.2, -0.15) is 0 Å². The summed E-state index contributed by atoms with van der Waals surface area (Å²) < 4.78 is 18.7. The molecule has 0 aliphatic carbocycles. The molecule has 1 aliphatic rings. The van der Waals surface area contributed by atoms with Gasteiger partial charge in [-0.05, 0) is 35.4 Å². The Morgan fingerprint density at radius 2 is 2.05 bits per heavy atom. The molecule has 1 saturated heterocycles. The van der Waals surface area contributed by atoms with Crippen LogP contribution in [0.2, 0.25) is 0 Å². The van der Waals surface area contributed by atoms with Gasteiger partial charge in [-0.15, -0.1) is 0 Å². The van der Waals surface area contributed by atoms with Crippen molar-refractivity contribution in [3.8, 4) is 5.75 Å². The van der Waals surface area contributed by atoms with E-state index in [0.717, 1.165) is 37.5 Å². The molecule has 2 aromatic rings. The molecule has 116 valence electrons. The van der Waals surface area contributed by atoms with E-state index in [0.29, 0.717) is 0 Å². The normalized spacial score (nSPS) is 19.1. The van der Waals surface area contributed by atoms with Gasteiger partial charge in [-0.25, -0.2) is 4.39 Å². The maximum absolute atomic E-state index is 13.5. The lowest BCUT2D eigenvalue weighted by Crippen LogP contribution is -2.45. The minimum Gasteiger partial charge on any atom is -0.497 e. The number of ether oxygens (including phenoxy) is 1. The predicted molar refractivity (Wildman–Crippen MR) is 85.4 cm³/mol. The Labute approximate surface area is 130 Å². The van der Waals surface area contributed by atoms with Crippen LogP contribution in [0.25, 0.3) is 0 Å². The lowest BCUT2D eigenvalue weighted by Gasteiger charge is -2.36. The van der Waals surface area contributed by atoms with E-state index in [2.05, 4.69) is 22.3 Å². The van der Waals surface area contributed by atoms with E-state index in [9.17, 15) is 4.39 Å². The van der Waals surface area contributed by atoms with E-state index in [1.54, 1.807) is 19.2 Å². The molecule has 0 bridgehead atoms. The molecule has 1 unspecified atom stereocenters. The van der Waals surface area contributed by atoms with Crippen molar-refractivity contribution in [3.63, 3.8) is 0 Å². The molecular weight excluding hydrogens is 279 g/mol. The molecule has 1 fully saturated rings. The van der Waals surface area contributed by atoms with Crippen molar-refractivity contribution < 1.29 is 9.13 Å². The first kappa shape index (κ1) is 15.0. The molecule has 0 spiro atoms. The largest absolute Gasteiger partial charge is 0.497 e. The second-order valence-electron chi connectivity index (χ2n) is 5.59. The van der Waals surface area contributed by atoms with Crippen LogP contribution in [0.5, 0.6) is 5.75 Å². The van der Waals surface area contributed by atoms with Gasteiger partial charge in [0.05, 0.1) is 7.11 Å². The Hall–Kier alpha value is -1.91. The molecule has 3 nitrogen and oxygen atoms in total. The van der Waals surface area contributed by atoms with Gasteiger partial charge in [-0.1, -0.05) is 24.3 Å². The second-order valence-corrected chi connectivity index (χ2v) is 5.59. The highest BCUT2D eigenvalue weighted by Crippen LogP contribution is 2.25. The van der Waals surface area contributed by atoms with Crippen molar-refractivity contribution in [1.29, 1.82) is 0 Å². The van der Waals surface area contributed by atoms with Crippen LogP contribution in [0.3, 0.4) is 0 Å². The number of hydrogen-bond acceptors (Lipinski definition) is 3. The number of benzene rings is 2. The zero-order chi connectivity index (χ0) is 15.4. The van der Waals surface area contributed by atoms with Gasteiger partial charge >= 0.3 is 0 Å². The Kier molecular flexibility index (Phi) is 4.71. The number of piperazine rings is 1. The molecule has 22 heavy (non-hydrogen) atoms. The van der Waals surface area contributed by atoms with Gasteiger partial charge in [0.15, 0.2) is 0 Å². The van der Waals surface area contributed by atoms with Crippen LogP contribution in [0.1, 0.15) is 17.2 Å². The zero-order valence-electron chi connectivity index (χ0n) is 12.8. The van der Waals surface area contributed by atoms with Crippen LogP contribution in [0.15, 0.2) is 48.5 Å². The Morgan fingerprint density at radius 1 is 1.23 bits per heavy atom. The van der Waals surface area contributed by atoms with Crippen molar-refractivity contribution in [2.75, 3.05) is 26.7 Å². The van der Waals surface area contributed by atoms with Crippen LogP contribution in [0, 0.1) is 5.82 Å². The second kappa shape index (κ2) is 6.90. The number of halogens is 1. The average molecular weight is 300 g/mol. The zero-order valence-corrected chi connectivity index (χ0v) is 12.8. The fourth-order valence-corrected chi connectivity index (χ4v) is 2.94. The lowest BCUT2D eigenvalue weighted by atomic mass is 10.0. The number of nitrogens with zero attached hydrogens (tertiary/aromatic N) is 1. The highest BCUT2D eigenvalue weighted by atomic mass is 19.1. The van der Waals surface area contributed by atoms with Gasteiger partial charge in [0.25, 0.3) is 0 Å². The maximum Gasteiger partial charge on any atom is 0.123 e. The number of hydrogen-bond donors (Lipinski definition) is 1. The summed E-state index contributed by atoms with van der Waals surface area (Å²) in [4.78, 5) is 2.40. The third kappa shape index (κ3) is 3.46. The number of nitrogens with one attached hydrogen (secondary N) is 1. The monoisotopic (exact) mass is 300 g/mol. The molecule has 0 radical (unpaired) electrons. The molecular formula is C18H21FN2O. The van der Waals surface area contributed by atoms with Crippen LogP contribution in [-0.2, 0) is 6.54 Å². The van der Waals surface area contributed by atoms with E-state index in [1.165, 1.54) is 11.6 Å². The molecule has 1 atom stereocenters. The summed E-state index contributed by atoms with van der Waals surface area (Å²) in [7, 11) is 1.67. The third-order valence-corrected chi connectivity index (χ3v) is 4.13. The number of rotatable bonds is 4. The van der Waals surface area contributed by atoms with Gasteiger partial charge in [0, 0.05) is 32.2 Å². The summed E-state index contributed by atoms with van der Waals surface area (Å²) in [6.07, 6.45) is 0. The van der Waals surface area contributed by atoms with Crippen molar-refractivity contribution in [1.82, 2.24) is 10.2 Å². The summed E-state index contributed by atoms with van der Waals surface area (Å²) in [6, 6.07) is 15.3. The van der Waals surface area contributed by atoms with Crippen molar-refractivity contribution in [2.45, 2.75) is 12.6 Å². The van der Waals surface area contributed by atoms with E-state index in [1.807, 2.05) is 18.2 Å². The Morgan fingerprint density at radius 3 is 2.77 bits per heavy atom. The van der Waals surface area contributed by atoms with Gasteiger partial charge in [0.1, 0.15) is 11.6 Å². The summed E-state index contributed by atoms with van der Waals surface area (Å²) in [5, 5.41) is 3.40. The molecule has 4 heteroatoms. The third-order valence-electron chi connectivity index (χ3n) is 4.13. The SMILES string of the molecule is COc1ccc(CN2CCNCC2c2cccc(F)c2)cc1. The van der Waals surface area contributed by atoms with Gasteiger partial charge in [0.2, 0.25) is 0 Å². The van der Waals surface area contributed by atoms with Crippen LogP contribution >= 0.6 is 0 Å². The Bertz CT molecular complexity index is 615. The van der Waals surface area contributed by atoms with E-state index in [4.69, 9.17) is 4.74 Å². The predicted octanol–water partition coefficient (Wildman–Crippen LogP) is 2.98. The summed E-state index contributed by atoms with van der Waals surface area (Å²) in [5.41, 5.74) is 2.27. The first-order valence-corrected chi connectivity index (χ1v) is 7.59. The fraction of sp³-hybridized carbons (Fsp3) is 0.333. The minimum absolute atomic E-state index is 0.174. The maximum atomic E-state index is 13.5. The molecule has 0 saturated carbocycles. The van der Waals surface area contributed by atoms with E-state index in [-0.39, 0.29) is 11.9 Å². The van der Waals surface area contributed by atoms with E-state index >= 15 is 0 Å². The molecule has 1 heterocycles. The quantitative estimate of drug-likeness (QED) is 0.939.